The Balaban J connectivity index is 2.36. The summed E-state index contributed by atoms with van der Waals surface area (Å²) in [6.45, 7) is 1.70. The lowest BCUT2D eigenvalue weighted by molar-refractivity contribution is -0.394. The van der Waals surface area contributed by atoms with Crippen LogP contribution in [0.15, 0.2) is 42.5 Å². The Morgan fingerprint density at radius 3 is 2.29 bits per heavy atom. The van der Waals surface area contributed by atoms with Gasteiger partial charge in [0.15, 0.2) is 5.75 Å². The monoisotopic (exact) mass is 447 g/mol. The van der Waals surface area contributed by atoms with Crippen LogP contribution in [0.1, 0.15) is 15.9 Å². The summed E-state index contributed by atoms with van der Waals surface area (Å²) in [7, 11) is 0. The van der Waals surface area contributed by atoms with E-state index in [4.69, 9.17) is 39.5 Å². The highest BCUT2D eigenvalue weighted by atomic mass is 35.6. The number of ether oxygens (including phenoxy) is 1. The van der Waals surface area contributed by atoms with Gasteiger partial charge >= 0.3 is 5.69 Å². The van der Waals surface area contributed by atoms with Gasteiger partial charge in [-0.25, -0.2) is 0 Å². The molecule has 0 saturated carbocycles. The van der Waals surface area contributed by atoms with Gasteiger partial charge < -0.3 is 10.1 Å². The second kappa shape index (κ2) is 8.59. The minimum atomic E-state index is -2.20. The summed E-state index contributed by atoms with van der Waals surface area (Å²) in [4.78, 5) is 32.9. The highest BCUT2D eigenvalue weighted by Gasteiger charge is 2.38. The molecule has 28 heavy (non-hydrogen) atoms. The third-order valence-corrected chi connectivity index (χ3v) is 4.14. The summed E-state index contributed by atoms with van der Waals surface area (Å²) in [6, 6.07) is 9.27. The Hall–Kier alpha value is -2.62. The number of carbonyl (C=O) groups is 1. The third kappa shape index (κ3) is 5.22. The normalized spacial score (nSPS) is 12.1. The molecule has 0 saturated heterocycles. The minimum Gasteiger partial charge on any atom is -0.459 e. The average Bonchev–Trinajstić information content (AvgIpc) is 2.60. The Morgan fingerprint density at radius 1 is 1.11 bits per heavy atom. The van der Waals surface area contributed by atoms with Crippen molar-refractivity contribution in [2.24, 2.45) is 0 Å². The summed E-state index contributed by atoms with van der Waals surface area (Å²) in [5.74, 6) is -1.06. The number of hydrogen-bond donors (Lipinski definition) is 1. The van der Waals surface area contributed by atoms with E-state index in [0.29, 0.717) is 11.6 Å². The fourth-order valence-electron chi connectivity index (χ4n) is 2.19. The summed E-state index contributed by atoms with van der Waals surface area (Å²) >= 11 is 17.5. The van der Waals surface area contributed by atoms with E-state index in [1.54, 1.807) is 25.1 Å². The highest BCUT2D eigenvalue weighted by molar-refractivity contribution is 6.68. The first-order chi connectivity index (χ1) is 13.0. The van der Waals surface area contributed by atoms with Gasteiger partial charge in [-0.3, -0.25) is 25.0 Å². The molecule has 1 amide bonds. The SMILES string of the molecule is Cc1ccccc1C(=O)N[C@@H](Oc1ccc([N+](=O)[O-])cc1[N+](=O)[O-])C(Cl)(Cl)Cl. The molecule has 0 aromatic heterocycles. The molecular formula is C16H12Cl3N3O6. The van der Waals surface area contributed by atoms with Crippen LogP contribution in [0.3, 0.4) is 0 Å². The van der Waals surface area contributed by atoms with Gasteiger partial charge in [-0.15, -0.1) is 0 Å². The molecule has 0 aliphatic carbocycles. The minimum absolute atomic E-state index is 0.281. The molecule has 2 aromatic carbocycles. The van der Waals surface area contributed by atoms with Crippen molar-refractivity contribution >= 4 is 52.1 Å². The lowest BCUT2D eigenvalue weighted by atomic mass is 10.1. The standard InChI is InChI=1S/C16H12Cl3N3O6/c1-9-4-2-3-5-11(9)14(23)20-15(16(17,18)19)28-13-7-6-10(21(24)25)8-12(13)22(26)27/h2-8,15H,1H3,(H,20,23)/t15-/m0/s1. The molecule has 0 aliphatic heterocycles. The van der Waals surface area contributed by atoms with Gasteiger partial charge in [0.25, 0.3) is 11.6 Å². The molecule has 0 bridgehead atoms. The first-order valence-electron chi connectivity index (χ1n) is 7.53. The van der Waals surface area contributed by atoms with Crippen LogP contribution >= 0.6 is 34.8 Å². The van der Waals surface area contributed by atoms with Gasteiger partial charge in [0.05, 0.1) is 15.9 Å². The second-order valence-corrected chi connectivity index (χ2v) is 7.86. The van der Waals surface area contributed by atoms with E-state index in [9.17, 15) is 25.0 Å². The van der Waals surface area contributed by atoms with E-state index in [1.807, 2.05) is 0 Å². The summed E-state index contributed by atoms with van der Waals surface area (Å²) < 4.78 is 3.15. The van der Waals surface area contributed by atoms with Crippen molar-refractivity contribution in [3.63, 3.8) is 0 Å². The Labute approximate surface area is 173 Å². The van der Waals surface area contributed by atoms with Gasteiger partial charge in [-0.1, -0.05) is 53.0 Å². The molecule has 1 N–H and O–H groups in total. The number of nitro groups is 2. The first kappa shape index (κ1) is 21.7. The molecule has 0 radical (unpaired) electrons. The summed E-state index contributed by atoms with van der Waals surface area (Å²) in [6.07, 6.45) is -1.62. The lowest BCUT2D eigenvalue weighted by Crippen LogP contribution is -2.48. The molecule has 1 atom stereocenters. The second-order valence-electron chi connectivity index (χ2n) is 5.49. The summed E-state index contributed by atoms with van der Waals surface area (Å²) in [5.41, 5.74) is -0.319. The number of halogens is 3. The van der Waals surface area contributed by atoms with Crippen molar-refractivity contribution in [1.82, 2.24) is 5.32 Å². The Kier molecular flexibility index (Phi) is 6.65. The van der Waals surface area contributed by atoms with Gasteiger partial charge in [-0.05, 0) is 24.6 Å². The van der Waals surface area contributed by atoms with Crippen LogP contribution in [-0.4, -0.2) is 25.8 Å². The Bertz CT molecular complexity index is 932. The number of alkyl halides is 3. The first-order valence-corrected chi connectivity index (χ1v) is 8.67. The largest absolute Gasteiger partial charge is 0.459 e. The number of rotatable bonds is 6. The zero-order valence-corrected chi connectivity index (χ0v) is 16.4. The molecule has 2 rings (SSSR count). The predicted octanol–water partition coefficient (Wildman–Crippen LogP) is 4.32. The zero-order chi connectivity index (χ0) is 21.1. The fourth-order valence-corrected chi connectivity index (χ4v) is 2.49. The maximum absolute atomic E-state index is 12.5. The Morgan fingerprint density at radius 2 is 1.75 bits per heavy atom. The molecular weight excluding hydrogens is 437 g/mol. The molecule has 2 aromatic rings. The number of nitro benzene ring substituents is 2. The van der Waals surface area contributed by atoms with Crippen LogP contribution in [0, 0.1) is 27.2 Å². The van der Waals surface area contributed by atoms with Crippen LogP contribution in [0.5, 0.6) is 5.75 Å². The van der Waals surface area contributed by atoms with Crippen molar-refractivity contribution in [2.45, 2.75) is 16.9 Å². The van der Waals surface area contributed by atoms with Gasteiger partial charge in [0.1, 0.15) is 0 Å². The number of benzene rings is 2. The van der Waals surface area contributed by atoms with Crippen molar-refractivity contribution in [3.05, 3.63) is 73.8 Å². The fraction of sp³-hybridized carbons (Fsp3) is 0.188. The number of non-ortho nitro benzene ring substituents is 1. The van der Waals surface area contributed by atoms with E-state index in [0.717, 1.165) is 12.1 Å². The zero-order valence-electron chi connectivity index (χ0n) is 14.1. The van der Waals surface area contributed by atoms with Gasteiger partial charge in [0, 0.05) is 11.6 Å². The number of carbonyl (C=O) groups excluding carboxylic acids is 1. The van der Waals surface area contributed by atoms with Crippen molar-refractivity contribution in [3.8, 4) is 5.75 Å². The highest BCUT2D eigenvalue weighted by Crippen LogP contribution is 2.36. The number of nitrogens with one attached hydrogen (secondary N) is 1. The molecule has 0 unspecified atom stereocenters. The smallest absolute Gasteiger partial charge is 0.317 e. The average molecular weight is 449 g/mol. The quantitative estimate of drug-likeness (QED) is 0.304. The molecule has 0 fully saturated rings. The maximum atomic E-state index is 12.5. The molecule has 12 heteroatoms. The number of nitrogens with zero attached hydrogens (tertiary/aromatic N) is 2. The van der Waals surface area contributed by atoms with Gasteiger partial charge in [-0.2, -0.15) is 0 Å². The number of hydrogen-bond acceptors (Lipinski definition) is 6. The van der Waals surface area contributed by atoms with Crippen LogP contribution in [0.4, 0.5) is 11.4 Å². The molecule has 0 spiro atoms. The van der Waals surface area contributed by atoms with Crippen molar-refractivity contribution < 1.29 is 19.4 Å². The van der Waals surface area contributed by atoms with E-state index in [1.165, 1.54) is 6.07 Å². The van der Waals surface area contributed by atoms with Gasteiger partial charge in [0.2, 0.25) is 10.0 Å². The van der Waals surface area contributed by atoms with E-state index >= 15 is 0 Å². The molecule has 0 heterocycles. The van der Waals surface area contributed by atoms with Crippen LogP contribution < -0.4 is 10.1 Å². The number of aryl methyl sites for hydroxylation is 1. The third-order valence-electron chi connectivity index (χ3n) is 3.54. The van der Waals surface area contributed by atoms with E-state index < -0.39 is 42.9 Å². The molecule has 0 aliphatic rings. The van der Waals surface area contributed by atoms with E-state index in [2.05, 4.69) is 5.32 Å². The van der Waals surface area contributed by atoms with Crippen LogP contribution in [-0.2, 0) is 0 Å². The maximum Gasteiger partial charge on any atom is 0.317 e. The number of amides is 1. The van der Waals surface area contributed by atoms with Crippen molar-refractivity contribution in [1.29, 1.82) is 0 Å². The van der Waals surface area contributed by atoms with Crippen LogP contribution in [0.2, 0.25) is 0 Å². The van der Waals surface area contributed by atoms with E-state index in [-0.39, 0.29) is 5.56 Å². The van der Waals surface area contributed by atoms with Crippen LogP contribution in [0.25, 0.3) is 0 Å². The predicted molar refractivity (Wildman–Crippen MR) is 103 cm³/mol. The molecule has 148 valence electrons. The van der Waals surface area contributed by atoms with Crippen molar-refractivity contribution in [2.75, 3.05) is 0 Å². The topological polar surface area (TPSA) is 125 Å². The molecule has 9 nitrogen and oxygen atoms in total. The summed E-state index contributed by atoms with van der Waals surface area (Å²) in [5, 5.41) is 24.4. The lowest BCUT2D eigenvalue weighted by Gasteiger charge is -2.26.